The Morgan fingerprint density at radius 3 is 2.55 bits per heavy atom. The summed E-state index contributed by atoms with van der Waals surface area (Å²) in [4.78, 5) is 21.1. The molecule has 1 fully saturated rings. The minimum atomic E-state index is 0. The summed E-state index contributed by atoms with van der Waals surface area (Å²) in [6.45, 7) is 4.56. The van der Waals surface area contributed by atoms with E-state index in [0.717, 1.165) is 50.0 Å². The summed E-state index contributed by atoms with van der Waals surface area (Å²) in [5.41, 5.74) is 2.18. The third kappa shape index (κ3) is 6.60. The lowest BCUT2D eigenvalue weighted by Gasteiger charge is -2.30. The Balaban J connectivity index is 0.00000306. The molecule has 0 aliphatic carbocycles. The maximum Gasteiger partial charge on any atom is 0.265 e. The van der Waals surface area contributed by atoms with Crippen LogP contribution in [0.1, 0.15) is 30.9 Å². The topological polar surface area (TPSA) is 69.2 Å². The number of hydrogen-bond donors (Lipinski definition) is 2. The molecule has 8 heteroatoms. The summed E-state index contributed by atoms with van der Waals surface area (Å²) in [6, 6.07) is 18.7. The minimum Gasteiger partial charge on any atom is -0.482 e. The Kier molecular flexibility index (Phi) is 9.80. The van der Waals surface area contributed by atoms with Gasteiger partial charge in [-0.3, -0.25) is 14.7 Å². The number of likely N-dealkylation sites (tertiary alicyclic amines) is 1. The molecular weight excluding hydrogens is 529 g/mol. The van der Waals surface area contributed by atoms with Gasteiger partial charge in [-0.05, 0) is 50.0 Å². The Morgan fingerprint density at radius 1 is 1.06 bits per heavy atom. The Bertz CT molecular complexity index is 918. The first-order valence-electron chi connectivity index (χ1n) is 11.5. The number of para-hydroxylation sites is 2. The largest absolute Gasteiger partial charge is 0.482 e. The van der Waals surface area contributed by atoms with Crippen LogP contribution in [0.2, 0.25) is 0 Å². The van der Waals surface area contributed by atoms with Crippen molar-refractivity contribution in [1.29, 1.82) is 0 Å². The predicted molar refractivity (Wildman–Crippen MR) is 144 cm³/mol. The second-order valence-electron chi connectivity index (χ2n) is 8.20. The summed E-state index contributed by atoms with van der Waals surface area (Å²) in [7, 11) is 1.80. The number of nitrogens with one attached hydrogen (secondary N) is 2. The number of nitrogens with zero attached hydrogens (tertiary/aromatic N) is 3. The number of guanidine groups is 1. The fourth-order valence-corrected chi connectivity index (χ4v) is 4.44. The normalized spacial score (nSPS) is 17.1. The predicted octanol–water partition coefficient (Wildman–Crippen LogP) is 3.42. The Hall–Kier alpha value is -2.33. The molecule has 2 heterocycles. The van der Waals surface area contributed by atoms with Gasteiger partial charge in [0.05, 0.1) is 11.7 Å². The van der Waals surface area contributed by atoms with Crippen molar-refractivity contribution >= 4 is 41.5 Å². The first-order valence-corrected chi connectivity index (χ1v) is 11.5. The molecule has 1 atom stereocenters. The molecule has 0 spiro atoms. The summed E-state index contributed by atoms with van der Waals surface area (Å²) in [5, 5.41) is 6.90. The van der Waals surface area contributed by atoms with Crippen LogP contribution >= 0.6 is 24.0 Å². The van der Waals surface area contributed by atoms with Gasteiger partial charge in [-0.15, -0.1) is 24.0 Å². The van der Waals surface area contributed by atoms with E-state index in [4.69, 9.17) is 4.74 Å². The lowest BCUT2D eigenvalue weighted by atomic mass is 10.1. The van der Waals surface area contributed by atoms with E-state index in [-0.39, 0.29) is 36.5 Å². The quantitative estimate of drug-likeness (QED) is 0.223. The van der Waals surface area contributed by atoms with Gasteiger partial charge in [0.25, 0.3) is 5.91 Å². The van der Waals surface area contributed by atoms with Crippen molar-refractivity contribution in [3.8, 4) is 5.75 Å². The molecular formula is C25H34IN5O2. The van der Waals surface area contributed by atoms with E-state index in [2.05, 4.69) is 50.9 Å². The molecule has 178 valence electrons. The van der Waals surface area contributed by atoms with Crippen LogP contribution in [0.15, 0.2) is 59.6 Å². The number of aliphatic imine (C=N–C) groups is 1. The molecule has 1 amide bonds. The first-order chi connectivity index (χ1) is 15.8. The van der Waals surface area contributed by atoms with Gasteiger partial charge in [0, 0.05) is 26.7 Å². The van der Waals surface area contributed by atoms with Gasteiger partial charge in [-0.1, -0.05) is 42.5 Å². The number of halogens is 1. The molecule has 2 aliphatic rings. The van der Waals surface area contributed by atoms with Gasteiger partial charge in [0.1, 0.15) is 5.75 Å². The zero-order valence-corrected chi connectivity index (χ0v) is 21.5. The van der Waals surface area contributed by atoms with E-state index in [1.807, 2.05) is 29.2 Å². The third-order valence-electron chi connectivity index (χ3n) is 6.11. The molecule has 0 radical (unpaired) electrons. The average Bonchev–Trinajstić information content (AvgIpc) is 3.37. The molecule has 7 nitrogen and oxygen atoms in total. The maximum absolute atomic E-state index is 12.3. The highest BCUT2D eigenvalue weighted by Crippen LogP contribution is 2.31. The van der Waals surface area contributed by atoms with Crippen molar-refractivity contribution < 1.29 is 9.53 Å². The highest BCUT2D eigenvalue weighted by atomic mass is 127. The molecule has 1 unspecified atom stereocenters. The Labute approximate surface area is 213 Å². The molecule has 0 aromatic heterocycles. The fraction of sp³-hybridized carbons (Fsp3) is 0.440. The van der Waals surface area contributed by atoms with Gasteiger partial charge in [0.2, 0.25) is 0 Å². The number of anilines is 1. The molecule has 4 rings (SSSR count). The molecule has 0 bridgehead atoms. The molecule has 0 saturated carbocycles. The maximum atomic E-state index is 12.3. The van der Waals surface area contributed by atoms with Gasteiger partial charge in [-0.25, -0.2) is 0 Å². The summed E-state index contributed by atoms with van der Waals surface area (Å²) in [6.07, 6.45) is 3.34. The second-order valence-corrected chi connectivity index (χ2v) is 8.20. The monoisotopic (exact) mass is 563 g/mol. The number of ether oxygens (including phenoxy) is 1. The van der Waals surface area contributed by atoms with Crippen molar-refractivity contribution in [3.05, 3.63) is 60.2 Å². The summed E-state index contributed by atoms with van der Waals surface area (Å²) >= 11 is 0. The van der Waals surface area contributed by atoms with Crippen LogP contribution in [-0.2, 0) is 4.79 Å². The van der Waals surface area contributed by atoms with Gasteiger partial charge in [-0.2, -0.15) is 0 Å². The molecule has 2 aliphatic heterocycles. The number of rotatable bonds is 8. The van der Waals surface area contributed by atoms with E-state index in [1.54, 1.807) is 7.05 Å². The third-order valence-corrected chi connectivity index (χ3v) is 6.11. The van der Waals surface area contributed by atoms with Crippen LogP contribution in [0.25, 0.3) is 0 Å². The zero-order chi connectivity index (χ0) is 22.2. The number of carbonyl (C=O) groups is 1. The van der Waals surface area contributed by atoms with Crippen LogP contribution in [0.3, 0.4) is 0 Å². The highest BCUT2D eigenvalue weighted by Gasteiger charge is 2.25. The summed E-state index contributed by atoms with van der Waals surface area (Å²) < 4.78 is 5.52. The summed E-state index contributed by atoms with van der Waals surface area (Å²) in [5.74, 6) is 1.56. The van der Waals surface area contributed by atoms with Crippen LogP contribution in [0.5, 0.6) is 5.75 Å². The van der Waals surface area contributed by atoms with Gasteiger partial charge in [0.15, 0.2) is 12.6 Å². The number of hydrogen-bond acceptors (Lipinski definition) is 4. The van der Waals surface area contributed by atoms with E-state index >= 15 is 0 Å². The second kappa shape index (κ2) is 12.8. The van der Waals surface area contributed by atoms with E-state index < -0.39 is 0 Å². The lowest BCUT2D eigenvalue weighted by molar-refractivity contribution is -0.121. The zero-order valence-electron chi connectivity index (χ0n) is 19.2. The van der Waals surface area contributed by atoms with Crippen molar-refractivity contribution in [1.82, 2.24) is 15.5 Å². The molecule has 2 aromatic rings. The first kappa shape index (κ1) is 25.3. The number of carbonyl (C=O) groups excluding carboxylic acids is 1. The number of benzene rings is 2. The van der Waals surface area contributed by atoms with E-state index in [9.17, 15) is 4.79 Å². The van der Waals surface area contributed by atoms with Gasteiger partial charge < -0.3 is 20.3 Å². The van der Waals surface area contributed by atoms with Crippen LogP contribution in [-0.4, -0.2) is 63.1 Å². The number of amides is 1. The molecule has 33 heavy (non-hydrogen) atoms. The van der Waals surface area contributed by atoms with Crippen LogP contribution < -0.4 is 20.3 Å². The fourth-order valence-electron chi connectivity index (χ4n) is 4.44. The highest BCUT2D eigenvalue weighted by molar-refractivity contribution is 14.0. The van der Waals surface area contributed by atoms with E-state index in [0.29, 0.717) is 12.6 Å². The van der Waals surface area contributed by atoms with Crippen molar-refractivity contribution in [3.63, 3.8) is 0 Å². The smallest absolute Gasteiger partial charge is 0.265 e. The van der Waals surface area contributed by atoms with E-state index in [1.165, 1.54) is 18.4 Å². The molecule has 2 aromatic carbocycles. The standard InChI is InChI=1S/C25H33N5O2.HI/c1-26-25(28-18-22(29-15-7-8-16-29)20-10-3-2-4-11-20)27-14-9-17-30-21-12-5-6-13-23(21)32-19-24(30)31;/h2-6,10-13,22H,7-9,14-19H2,1H3,(H2,26,27,28);1H. The van der Waals surface area contributed by atoms with Crippen LogP contribution in [0.4, 0.5) is 5.69 Å². The van der Waals surface area contributed by atoms with Crippen LogP contribution in [0, 0.1) is 0 Å². The Morgan fingerprint density at radius 2 is 1.79 bits per heavy atom. The molecule has 1 saturated heterocycles. The SMILES string of the molecule is CN=C(NCCCN1C(=O)COc2ccccc21)NCC(c1ccccc1)N1CCCC1.I. The van der Waals surface area contributed by atoms with Gasteiger partial charge >= 0.3 is 0 Å². The number of fused-ring (bicyclic) bond motifs is 1. The lowest BCUT2D eigenvalue weighted by Crippen LogP contribution is -2.44. The van der Waals surface area contributed by atoms with Crippen molar-refractivity contribution in [2.45, 2.75) is 25.3 Å². The van der Waals surface area contributed by atoms with Crippen molar-refractivity contribution in [2.24, 2.45) is 4.99 Å². The van der Waals surface area contributed by atoms with Crippen molar-refractivity contribution in [2.75, 3.05) is 51.3 Å². The minimum absolute atomic E-state index is 0. The average molecular weight is 563 g/mol. The molecule has 2 N–H and O–H groups in total.